The molecule has 0 aromatic heterocycles. The molecule has 0 N–H and O–H groups in total. The number of halogens is 8. The lowest BCUT2D eigenvalue weighted by molar-refractivity contribution is -0.181. The summed E-state index contributed by atoms with van der Waals surface area (Å²) in [5, 5.41) is 4.33. The zero-order valence-corrected chi connectivity index (χ0v) is 71.5. The number of aryl methyl sites for hydroxylation is 1. The molecular weight excluding hydrogens is 1600 g/mol. The van der Waals surface area contributed by atoms with Crippen LogP contribution in [0.25, 0.3) is 0 Å². The predicted molar refractivity (Wildman–Crippen MR) is 408 cm³/mol. The van der Waals surface area contributed by atoms with Crippen molar-refractivity contribution in [2.45, 2.75) is 102 Å². The maximum absolute atomic E-state index is 13.3. The van der Waals surface area contributed by atoms with Crippen LogP contribution in [0.1, 0.15) is 39.8 Å². The fourth-order valence-electron chi connectivity index (χ4n) is 9.67. The van der Waals surface area contributed by atoms with Gasteiger partial charge < -0.3 is 44.3 Å². The van der Waals surface area contributed by atoms with Gasteiger partial charge in [0.25, 0.3) is 15.8 Å². The van der Waals surface area contributed by atoms with E-state index in [0.717, 1.165) is 37.8 Å². The highest BCUT2D eigenvalue weighted by Crippen LogP contribution is 2.33. The molecule has 0 atom stereocenters. The molecule has 0 fully saturated rings. The van der Waals surface area contributed by atoms with Gasteiger partial charge in [-0.2, -0.15) is 26.3 Å². The predicted octanol–water partition coefficient (Wildman–Crippen LogP) is 10.0. The molecule has 7 rings (SSSR count). The fourth-order valence-corrected chi connectivity index (χ4v) is 22.6. The van der Waals surface area contributed by atoms with Gasteiger partial charge in [0.1, 0.15) is 12.2 Å². The number of benzene rings is 7. The van der Waals surface area contributed by atoms with Crippen LogP contribution in [0.3, 0.4) is 0 Å². The molecule has 20 nitrogen and oxygen atoms in total. The summed E-state index contributed by atoms with van der Waals surface area (Å²) in [6, 6.07) is 49.2. The third kappa shape index (κ3) is 29.9. The first-order chi connectivity index (χ1) is 49.3. The summed E-state index contributed by atoms with van der Waals surface area (Å²) >= 11 is 0. The summed E-state index contributed by atoms with van der Waals surface area (Å²) in [6.45, 7) is 11.3. The quantitative estimate of drug-likeness (QED) is 0.0299. The second kappa shape index (κ2) is 40.1. The van der Waals surface area contributed by atoms with Crippen LogP contribution in [-0.4, -0.2) is 186 Å². The second-order valence-electron chi connectivity index (χ2n) is 24.9. The van der Waals surface area contributed by atoms with Gasteiger partial charge >= 0.3 is 54.5 Å². The molecule has 7 aromatic carbocycles. The van der Waals surface area contributed by atoms with Gasteiger partial charge in [-0.3, -0.25) is 0 Å². The molecule has 596 valence electrons. The van der Waals surface area contributed by atoms with E-state index < -0.39 is 133 Å². The molecule has 0 saturated heterocycles. The molecule has 0 aliphatic heterocycles. The molecule has 0 amide bonds. The zero-order valence-electron chi connectivity index (χ0n) is 62.4. The second-order valence-corrected chi connectivity index (χ2v) is 51.4. The van der Waals surface area contributed by atoms with Crippen molar-refractivity contribution < 1.29 is 121 Å². The van der Waals surface area contributed by atoms with Crippen molar-refractivity contribution in [3.63, 3.8) is 0 Å². The fraction of sp³-hybridized carbons (Fsp3) is 0.391. The molecule has 0 aliphatic carbocycles. The Morgan fingerprint density at radius 3 is 0.804 bits per heavy atom. The van der Waals surface area contributed by atoms with Gasteiger partial charge in [-0.25, -0.2) is 50.9 Å². The smallest absolute Gasteiger partial charge is 0.394 e. The van der Waals surface area contributed by atoms with Gasteiger partial charge in [-0.15, -0.1) is 0 Å². The third-order valence-electron chi connectivity index (χ3n) is 16.9. The summed E-state index contributed by atoms with van der Waals surface area (Å²) in [5.41, 5.74) is -1.68. The van der Waals surface area contributed by atoms with Crippen molar-refractivity contribution in [3.05, 3.63) is 209 Å². The first-order valence-electron chi connectivity index (χ1n) is 32.0. The van der Waals surface area contributed by atoms with E-state index in [4.69, 9.17) is 44.3 Å². The van der Waals surface area contributed by atoms with Crippen molar-refractivity contribution >= 4 is 118 Å². The van der Waals surface area contributed by atoms with Crippen LogP contribution in [-0.2, 0) is 122 Å². The van der Waals surface area contributed by atoms with E-state index in [2.05, 4.69) is 0 Å². The van der Waals surface area contributed by atoms with Crippen LogP contribution in [0.15, 0.2) is 186 Å². The average molecular weight is 1700 g/mol. The van der Waals surface area contributed by atoms with Crippen LogP contribution in [0.4, 0.5) is 35.1 Å². The third-order valence-corrected chi connectivity index (χ3v) is 38.9. The molecule has 0 saturated carbocycles. The molecule has 38 heteroatoms. The minimum atomic E-state index is -5.24. The van der Waals surface area contributed by atoms with E-state index in [1.54, 1.807) is 122 Å². The maximum atomic E-state index is 13.3. The van der Waals surface area contributed by atoms with E-state index >= 15 is 0 Å². The number of hydrogen-bond acceptors (Lipinski definition) is 20. The van der Waals surface area contributed by atoms with E-state index in [-0.39, 0.29) is 28.4 Å². The van der Waals surface area contributed by atoms with Gasteiger partial charge in [-0.1, -0.05) is 157 Å². The van der Waals surface area contributed by atoms with E-state index in [1.165, 1.54) is 71.1 Å². The van der Waals surface area contributed by atoms with E-state index in [9.17, 15) is 77.2 Å². The SMILES string of the molecule is CO[Si](C)(OC)c1ccc(CS(=O)(=O)C(F)(F)F)cc1.CO[Si](C)(OC)c1ccc(CS(=O)(=O)CC(F)(F)CC(F)(F)F)cc1.CO[Si](C)(OC)c1ccc(CS(=O)(=O)c2ccc(C)cc2)cc1.CO[Si](C)(OC)c1ccc(CS(=O)(=O)c2ccccc2)cc1.CO[Si](C)(OC)c1ccc(CS(C)(=O)=O)cc1. The van der Waals surface area contributed by atoms with Gasteiger partial charge in [0.05, 0.1) is 38.6 Å². The number of alkyl halides is 8. The van der Waals surface area contributed by atoms with Crippen molar-refractivity contribution in [2.75, 3.05) is 83.1 Å². The number of rotatable bonds is 30. The minimum Gasteiger partial charge on any atom is -0.394 e. The van der Waals surface area contributed by atoms with Crippen molar-refractivity contribution in [3.8, 4) is 0 Å². The lowest BCUT2D eigenvalue weighted by atomic mass is 10.2. The van der Waals surface area contributed by atoms with Crippen molar-refractivity contribution in [1.82, 2.24) is 0 Å². The Morgan fingerprint density at radius 1 is 0.318 bits per heavy atom. The molecule has 0 spiro atoms. The summed E-state index contributed by atoms with van der Waals surface area (Å²) in [7, 11) is -15.8. The molecule has 0 radical (unpaired) electrons. The topological polar surface area (TPSA) is 263 Å². The normalized spacial score (nSPS) is 13.0. The number of hydrogen-bond donors (Lipinski definition) is 0. The molecule has 0 heterocycles. The Bertz CT molecular complexity index is 4480. The molecule has 0 aliphatic rings. The van der Waals surface area contributed by atoms with Gasteiger partial charge in [0.2, 0.25) is 0 Å². The van der Waals surface area contributed by atoms with Gasteiger partial charge in [0.15, 0.2) is 39.3 Å². The number of sulfone groups is 5. The zero-order chi connectivity index (χ0) is 81.5. The van der Waals surface area contributed by atoms with E-state index in [1.807, 2.05) is 99.4 Å². The Hall–Kier alpha value is -5.59. The van der Waals surface area contributed by atoms with Crippen LogP contribution in [0.2, 0.25) is 32.7 Å². The molecular formula is C69H94F8O20S5Si5. The lowest BCUT2D eigenvalue weighted by Gasteiger charge is -2.23. The van der Waals surface area contributed by atoms with Gasteiger partial charge in [0, 0.05) is 77.4 Å². The van der Waals surface area contributed by atoms with Gasteiger partial charge in [-0.05, 0) is 118 Å². The molecule has 0 unspecified atom stereocenters. The van der Waals surface area contributed by atoms with E-state index in [0.29, 0.717) is 20.2 Å². The van der Waals surface area contributed by atoms with Crippen LogP contribution in [0, 0.1) is 6.92 Å². The summed E-state index contributed by atoms with van der Waals surface area (Å²) < 4.78 is 271. The first kappa shape index (κ1) is 95.6. The highest BCUT2D eigenvalue weighted by Gasteiger charge is 2.47. The highest BCUT2D eigenvalue weighted by atomic mass is 32.2. The van der Waals surface area contributed by atoms with Crippen molar-refractivity contribution in [2.24, 2.45) is 0 Å². The van der Waals surface area contributed by atoms with Crippen LogP contribution >= 0.6 is 0 Å². The summed E-state index contributed by atoms with van der Waals surface area (Å²) in [4.78, 5) is 0.687. The van der Waals surface area contributed by atoms with Crippen molar-refractivity contribution in [1.29, 1.82) is 0 Å². The summed E-state index contributed by atoms with van der Waals surface area (Å²) in [6.07, 6.45) is -6.38. The molecule has 7 aromatic rings. The average Bonchev–Trinajstić information content (AvgIpc) is 0.825. The Kier molecular flexibility index (Phi) is 35.8. The molecule has 0 bridgehead atoms. The minimum absolute atomic E-state index is 0.0183. The monoisotopic (exact) mass is 1690 g/mol. The van der Waals surface area contributed by atoms with Crippen LogP contribution < -0.4 is 25.9 Å². The Labute approximate surface area is 629 Å². The highest BCUT2D eigenvalue weighted by molar-refractivity contribution is 7.92. The first-order valence-corrected chi connectivity index (χ1v) is 52.4. The lowest BCUT2D eigenvalue weighted by Crippen LogP contribution is -2.49. The Morgan fingerprint density at radius 2 is 0.561 bits per heavy atom. The maximum Gasteiger partial charge on any atom is 0.497 e. The molecule has 107 heavy (non-hydrogen) atoms. The van der Waals surface area contributed by atoms with Crippen LogP contribution in [0.5, 0.6) is 0 Å². The Balaban J connectivity index is 0.000000349. The largest absolute Gasteiger partial charge is 0.497 e. The summed E-state index contributed by atoms with van der Waals surface area (Å²) in [5.74, 6) is -8.05. The standard InChI is InChI=1S/C17H22O4SSi.C16H20O4SSi.C14H19F5O4SSi.C11H15F3O4SSi.C11H18O4SSi/c1-14-5-9-16(10-6-14)22(18,19)13-15-7-11-17(12-8-15)23(4,20-2)21-3;1-19-22(3,20-2)16-11-9-14(10-12-16)13-21(17,18)15-7-5-4-6-8-15;1-22-25(3,23-2)12-6-4-11(5-7-12)8-24(20,21)10-13(15,16)9-14(17,18)19;1-17-20(3,18-2)10-6-4-9(5-7-10)8-19(15,16)11(12,13)14;1-14-17(4,15-2)11-7-5-10(6-8-11)9-16(3,12)13/h5-12H,13H2,1-4H3;4-12H,13H2,1-3H3;4-7H,8-10H2,1-3H3;4-7H,8H2,1-3H3;5-8H,9H2,1-4H3.